The number of nitrogens with zero attached hydrogens (tertiary/aromatic N) is 2. The number of hydrogen-bond acceptors (Lipinski definition) is 7. The summed E-state index contributed by atoms with van der Waals surface area (Å²) >= 11 is 1.70. The van der Waals surface area contributed by atoms with E-state index in [-0.39, 0.29) is 5.91 Å². The van der Waals surface area contributed by atoms with Gasteiger partial charge in [0.15, 0.2) is 11.5 Å². The van der Waals surface area contributed by atoms with Crippen molar-refractivity contribution in [3.05, 3.63) is 42.0 Å². The van der Waals surface area contributed by atoms with Crippen molar-refractivity contribution in [1.29, 1.82) is 0 Å². The Morgan fingerprint density at radius 3 is 2.12 bits per heavy atom. The van der Waals surface area contributed by atoms with Gasteiger partial charge in [0, 0.05) is 55.4 Å². The average Bonchev–Trinajstić information content (AvgIpc) is 2.84. The molecule has 1 aliphatic rings. The predicted octanol–water partition coefficient (Wildman–Crippen LogP) is 3.55. The lowest BCUT2D eigenvalue weighted by Crippen LogP contribution is -2.48. The zero-order chi connectivity index (χ0) is 22.9. The molecule has 1 aliphatic heterocycles. The van der Waals surface area contributed by atoms with Crippen molar-refractivity contribution in [2.75, 3.05) is 60.4 Å². The Morgan fingerprint density at radius 1 is 0.844 bits per heavy atom. The predicted molar refractivity (Wildman–Crippen MR) is 126 cm³/mol. The van der Waals surface area contributed by atoms with Gasteiger partial charge in [-0.2, -0.15) is 0 Å². The second kappa shape index (κ2) is 11.9. The molecule has 0 atom stereocenters. The SMILES string of the molecule is COc1ccc(SCCC(=O)N2CCN(Cc3ccc(OC)c(OC)c3OC)CC2)cc1. The Morgan fingerprint density at radius 2 is 1.53 bits per heavy atom. The van der Waals surface area contributed by atoms with E-state index in [4.69, 9.17) is 18.9 Å². The number of ether oxygens (including phenoxy) is 4. The Bertz CT molecular complexity index is 883. The standard InChI is InChI=1S/C24H32N2O5S/c1-28-19-6-8-20(9-7-19)32-16-11-22(27)26-14-12-25(13-15-26)17-18-5-10-21(29-2)24(31-4)23(18)30-3/h5-10H,11-17H2,1-4H3. The summed E-state index contributed by atoms with van der Waals surface area (Å²) in [5.41, 5.74) is 1.04. The third kappa shape index (κ3) is 6.01. The molecule has 0 radical (unpaired) electrons. The van der Waals surface area contributed by atoms with Crippen molar-refractivity contribution < 1.29 is 23.7 Å². The second-order valence-electron chi connectivity index (χ2n) is 7.42. The van der Waals surface area contributed by atoms with Crippen LogP contribution in [0.25, 0.3) is 0 Å². The van der Waals surface area contributed by atoms with E-state index >= 15 is 0 Å². The highest BCUT2D eigenvalue weighted by Gasteiger charge is 2.23. The van der Waals surface area contributed by atoms with Gasteiger partial charge in [-0.3, -0.25) is 9.69 Å². The number of carbonyl (C=O) groups excluding carboxylic acids is 1. The average molecular weight is 461 g/mol. The normalized spacial score (nSPS) is 14.2. The molecule has 0 unspecified atom stereocenters. The summed E-state index contributed by atoms with van der Waals surface area (Å²) in [6, 6.07) is 11.8. The summed E-state index contributed by atoms with van der Waals surface area (Å²) in [4.78, 5) is 18.1. The highest BCUT2D eigenvalue weighted by Crippen LogP contribution is 2.40. The molecule has 0 saturated carbocycles. The quantitative estimate of drug-likeness (QED) is 0.503. The first kappa shape index (κ1) is 24.1. The number of carbonyl (C=O) groups is 1. The second-order valence-corrected chi connectivity index (χ2v) is 8.59. The number of amides is 1. The maximum Gasteiger partial charge on any atom is 0.223 e. The van der Waals surface area contributed by atoms with Crippen molar-refractivity contribution in [3.8, 4) is 23.0 Å². The van der Waals surface area contributed by atoms with E-state index < -0.39 is 0 Å². The minimum Gasteiger partial charge on any atom is -0.497 e. The molecule has 0 aliphatic carbocycles. The van der Waals surface area contributed by atoms with Crippen LogP contribution in [0.2, 0.25) is 0 Å². The lowest BCUT2D eigenvalue weighted by Gasteiger charge is -2.35. The van der Waals surface area contributed by atoms with Crippen LogP contribution >= 0.6 is 11.8 Å². The van der Waals surface area contributed by atoms with Crippen molar-refractivity contribution in [2.24, 2.45) is 0 Å². The molecule has 2 aromatic rings. The topological polar surface area (TPSA) is 60.5 Å². The van der Waals surface area contributed by atoms with E-state index in [9.17, 15) is 4.79 Å². The number of hydrogen-bond donors (Lipinski definition) is 0. The van der Waals surface area contributed by atoms with Crippen molar-refractivity contribution >= 4 is 17.7 Å². The van der Waals surface area contributed by atoms with Crippen LogP contribution in [0.5, 0.6) is 23.0 Å². The minimum atomic E-state index is 0.217. The van der Waals surface area contributed by atoms with Gasteiger partial charge in [-0.15, -0.1) is 11.8 Å². The van der Waals surface area contributed by atoms with Crippen LogP contribution in [0, 0.1) is 0 Å². The molecule has 1 saturated heterocycles. The molecule has 0 N–H and O–H groups in total. The van der Waals surface area contributed by atoms with Crippen molar-refractivity contribution in [1.82, 2.24) is 9.80 Å². The highest BCUT2D eigenvalue weighted by atomic mass is 32.2. The van der Waals surface area contributed by atoms with E-state index in [1.165, 1.54) is 0 Å². The van der Waals surface area contributed by atoms with Gasteiger partial charge in [-0.25, -0.2) is 0 Å². The molecule has 7 nitrogen and oxygen atoms in total. The van der Waals surface area contributed by atoms with Crippen LogP contribution in [0.4, 0.5) is 0 Å². The molecule has 1 heterocycles. The maximum atomic E-state index is 12.6. The fourth-order valence-corrected chi connectivity index (χ4v) is 4.61. The molecule has 3 rings (SSSR count). The zero-order valence-corrected chi connectivity index (χ0v) is 20.1. The van der Waals surface area contributed by atoms with E-state index in [1.54, 1.807) is 40.2 Å². The first-order valence-corrected chi connectivity index (χ1v) is 11.6. The first-order valence-electron chi connectivity index (χ1n) is 10.6. The van der Waals surface area contributed by atoms with Gasteiger partial charge >= 0.3 is 0 Å². The molecule has 1 amide bonds. The Balaban J connectivity index is 1.47. The number of piperazine rings is 1. The van der Waals surface area contributed by atoms with E-state index in [1.807, 2.05) is 41.3 Å². The summed E-state index contributed by atoms with van der Waals surface area (Å²) in [6.45, 7) is 3.87. The van der Waals surface area contributed by atoms with Gasteiger partial charge in [-0.05, 0) is 30.3 Å². The van der Waals surface area contributed by atoms with Crippen LogP contribution in [0.1, 0.15) is 12.0 Å². The Kier molecular flexibility index (Phi) is 8.93. The monoisotopic (exact) mass is 460 g/mol. The number of rotatable bonds is 10. The lowest BCUT2D eigenvalue weighted by atomic mass is 10.1. The van der Waals surface area contributed by atoms with Gasteiger partial charge in [0.25, 0.3) is 0 Å². The fourth-order valence-electron chi connectivity index (χ4n) is 3.77. The summed E-state index contributed by atoms with van der Waals surface area (Å²) in [6.07, 6.45) is 0.542. The lowest BCUT2D eigenvalue weighted by molar-refractivity contribution is -0.132. The zero-order valence-electron chi connectivity index (χ0n) is 19.3. The van der Waals surface area contributed by atoms with Gasteiger partial charge in [-0.1, -0.05) is 6.07 Å². The van der Waals surface area contributed by atoms with E-state index in [0.29, 0.717) is 23.7 Å². The van der Waals surface area contributed by atoms with Gasteiger partial charge < -0.3 is 23.8 Å². The van der Waals surface area contributed by atoms with E-state index in [2.05, 4.69) is 4.90 Å². The van der Waals surface area contributed by atoms with Crippen molar-refractivity contribution in [2.45, 2.75) is 17.9 Å². The van der Waals surface area contributed by atoms with Crippen LogP contribution in [0.3, 0.4) is 0 Å². The molecule has 1 fully saturated rings. The number of thioether (sulfide) groups is 1. The molecule has 32 heavy (non-hydrogen) atoms. The minimum absolute atomic E-state index is 0.217. The van der Waals surface area contributed by atoms with Crippen LogP contribution < -0.4 is 18.9 Å². The highest BCUT2D eigenvalue weighted by molar-refractivity contribution is 7.99. The molecule has 8 heteroatoms. The molecule has 0 spiro atoms. The van der Waals surface area contributed by atoms with Gasteiger partial charge in [0.1, 0.15) is 5.75 Å². The summed E-state index contributed by atoms with van der Waals surface area (Å²) in [7, 11) is 6.52. The number of methoxy groups -OCH3 is 4. The van der Waals surface area contributed by atoms with Gasteiger partial charge in [0.05, 0.1) is 28.4 Å². The Labute approximate surface area is 194 Å². The Hall–Kier alpha value is -2.58. The van der Waals surface area contributed by atoms with Gasteiger partial charge in [0.2, 0.25) is 11.7 Å². The van der Waals surface area contributed by atoms with Crippen LogP contribution in [-0.2, 0) is 11.3 Å². The summed E-state index contributed by atoms with van der Waals surface area (Å²) < 4.78 is 21.6. The summed E-state index contributed by atoms with van der Waals surface area (Å²) in [5.74, 6) is 3.78. The van der Waals surface area contributed by atoms with Crippen LogP contribution in [-0.4, -0.2) is 76.1 Å². The molecule has 0 aromatic heterocycles. The fraction of sp³-hybridized carbons (Fsp3) is 0.458. The smallest absolute Gasteiger partial charge is 0.223 e. The largest absolute Gasteiger partial charge is 0.497 e. The molecule has 0 bridgehead atoms. The third-order valence-corrected chi connectivity index (χ3v) is 6.56. The molecule has 2 aromatic carbocycles. The first-order chi connectivity index (χ1) is 15.6. The number of benzene rings is 2. The molecular weight excluding hydrogens is 428 g/mol. The summed E-state index contributed by atoms with van der Waals surface area (Å²) in [5, 5.41) is 0. The maximum absolute atomic E-state index is 12.6. The molecule has 174 valence electrons. The van der Waals surface area contributed by atoms with Crippen molar-refractivity contribution in [3.63, 3.8) is 0 Å². The molecular formula is C24H32N2O5S. The van der Waals surface area contributed by atoms with Crippen LogP contribution in [0.15, 0.2) is 41.3 Å². The van der Waals surface area contributed by atoms with E-state index in [0.717, 1.165) is 54.7 Å². The third-order valence-electron chi connectivity index (χ3n) is 5.55.